The summed E-state index contributed by atoms with van der Waals surface area (Å²) in [6.07, 6.45) is 7.59. The molecule has 116 valence electrons. The van der Waals surface area contributed by atoms with Crippen LogP contribution in [0.25, 0.3) is 0 Å². The highest BCUT2D eigenvalue weighted by Gasteiger charge is 2.09. The van der Waals surface area contributed by atoms with Crippen LogP contribution in [0.3, 0.4) is 0 Å². The molecule has 0 aromatic rings. The monoisotopic (exact) mass is 286 g/mol. The van der Waals surface area contributed by atoms with Gasteiger partial charge in [0.25, 0.3) is 12.9 Å². The van der Waals surface area contributed by atoms with E-state index in [4.69, 9.17) is 0 Å². The van der Waals surface area contributed by atoms with Gasteiger partial charge in [0.1, 0.15) is 13.5 Å². The maximum Gasteiger partial charge on any atom is 0.294 e. The zero-order chi connectivity index (χ0) is 14.5. The van der Waals surface area contributed by atoms with Crippen molar-refractivity contribution >= 4 is 12.9 Å². The summed E-state index contributed by atoms with van der Waals surface area (Å²) in [6.45, 7) is 6.28. The molecule has 0 bridgehead atoms. The van der Waals surface area contributed by atoms with Crippen LogP contribution in [-0.4, -0.2) is 62.4 Å². The van der Waals surface area contributed by atoms with E-state index >= 15 is 0 Å². The van der Waals surface area contributed by atoms with E-state index in [2.05, 4.69) is 19.3 Å². The van der Waals surface area contributed by atoms with Crippen LogP contribution in [0.2, 0.25) is 0 Å². The van der Waals surface area contributed by atoms with Crippen molar-refractivity contribution in [3.8, 4) is 0 Å². The fourth-order valence-electron chi connectivity index (χ4n) is 2.45. The number of hydrogen-bond acceptors (Lipinski definition) is 6. The number of hydrogen-bond donors (Lipinski definition) is 0. The molecule has 0 N–H and O–H groups in total. The minimum absolute atomic E-state index is 0.476. The molecule has 0 aromatic heterocycles. The summed E-state index contributed by atoms with van der Waals surface area (Å²) in [4.78, 5) is 23.9. The zero-order valence-electron chi connectivity index (χ0n) is 12.2. The fourth-order valence-corrected chi connectivity index (χ4v) is 2.45. The Hall–Kier alpha value is -1.14. The summed E-state index contributed by atoms with van der Waals surface area (Å²) in [7, 11) is 0. The van der Waals surface area contributed by atoms with Crippen molar-refractivity contribution < 1.29 is 19.1 Å². The molecule has 0 saturated carbocycles. The van der Waals surface area contributed by atoms with Crippen molar-refractivity contribution in [2.75, 3.05) is 39.6 Å². The zero-order valence-corrected chi connectivity index (χ0v) is 12.2. The van der Waals surface area contributed by atoms with Gasteiger partial charge in [-0.15, -0.1) is 0 Å². The maximum atomic E-state index is 9.80. The van der Waals surface area contributed by atoms with Crippen molar-refractivity contribution in [1.29, 1.82) is 0 Å². The summed E-state index contributed by atoms with van der Waals surface area (Å²) in [5.74, 6) is 0. The molecule has 0 amide bonds. The van der Waals surface area contributed by atoms with Crippen LogP contribution in [0.1, 0.15) is 38.5 Å². The first-order valence-electron chi connectivity index (χ1n) is 7.42. The molecule has 2 heterocycles. The molecular formula is C14H26N2O4. The van der Waals surface area contributed by atoms with E-state index < -0.39 is 0 Å². The molecule has 20 heavy (non-hydrogen) atoms. The predicted molar refractivity (Wildman–Crippen MR) is 74.9 cm³/mol. The molecular weight excluding hydrogens is 260 g/mol. The van der Waals surface area contributed by atoms with Gasteiger partial charge >= 0.3 is 0 Å². The Kier molecular flexibility index (Phi) is 9.87. The van der Waals surface area contributed by atoms with Crippen LogP contribution in [0.15, 0.2) is 0 Å². The van der Waals surface area contributed by atoms with Crippen molar-refractivity contribution in [2.24, 2.45) is 0 Å². The second kappa shape index (κ2) is 11.7. The van der Waals surface area contributed by atoms with E-state index in [9.17, 15) is 9.59 Å². The van der Waals surface area contributed by atoms with Crippen molar-refractivity contribution in [3.63, 3.8) is 0 Å². The topological polar surface area (TPSA) is 59.1 Å². The Morgan fingerprint density at radius 1 is 0.650 bits per heavy atom. The van der Waals surface area contributed by atoms with Gasteiger partial charge in [-0.25, -0.2) is 0 Å². The quantitative estimate of drug-likeness (QED) is 0.684. The van der Waals surface area contributed by atoms with Crippen LogP contribution in [0.4, 0.5) is 0 Å². The molecule has 6 nitrogen and oxygen atoms in total. The van der Waals surface area contributed by atoms with Gasteiger partial charge < -0.3 is 9.47 Å². The van der Waals surface area contributed by atoms with Gasteiger partial charge in [-0.1, -0.05) is 12.8 Å². The van der Waals surface area contributed by atoms with Gasteiger partial charge in [0.15, 0.2) is 0 Å². The lowest BCUT2D eigenvalue weighted by Gasteiger charge is -2.24. The van der Waals surface area contributed by atoms with Crippen LogP contribution in [0, 0.1) is 0 Å². The van der Waals surface area contributed by atoms with E-state index in [1.54, 1.807) is 0 Å². The molecule has 0 radical (unpaired) electrons. The van der Waals surface area contributed by atoms with Gasteiger partial charge in [-0.3, -0.25) is 19.4 Å². The van der Waals surface area contributed by atoms with E-state index in [-0.39, 0.29) is 0 Å². The van der Waals surface area contributed by atoms with E-state index in [1.807, 2.05) is 0 Å². The molecule has 2 saturated heterocycles. The van der Waals surface area contributed by atoms with Crippen molar-refractivity contribution in [1.82, 2.24) is 9.80 Å². The van der Waals surface area contributed by atoms with E-state index in [0.717, 1.165) is 26.2 Å². The number of rotatable bonds is 6. The molecule has 0 atom stereocenters. The summed E-state index contributed by atoms with van der Waals surface area (Å²) in [5.41, 5.74) is 0. The average Bonchev–Trinajstić information content (AvgIpc) is 2.53. The summed E-state index contributed by atoms with van der Waals surface area (Å²) in [5, 5.41) is 0. The third-order valence-corrected chi connectivity index (χ3v) is 3.55. The summed E-state index contributed by atoms with van der Waals surface area (Å²) in [6, 6.07) is 0. The number of ether oxygens (including phenoxy) is 2. The van der Waals surface area contributed by atoms with Crippen LogP contribution in [-0.2, 0) is 19.1 Å². The van der Waals surface area contributed by atoms with Crippen molar-refractivity contribution in [2.45, 2.75) is 38.5 Å². The highest BCUT2D eigenvalue weighted by atomic mass is 16.5. The summed E-state index contributed by atoms with van der Waals surface area (Å²) < 4.78 is 9.24. The molecule has 0 aromatic carbocycles. The number of carbonyl (C=O) groups is 2. The van der Waals surface area contributed by atoms with Gasteiger partial charge in [0, 0.05) is 26.2 Å². The number of nitrogens with zero attached hydrogens (tertiary/aromatic N) is 2. The molecule has 6 heteroatoms. The van der Waals surface area contributed by atoms with Gasteiger partial charge in [-0.05, 0) is 25.7 Å². The summed E-state index contributed by atoms with van der Waals surface area (Å²) >= 11 is 0. The first-order chi connectivity index (χ1) is 9.86. The Balaban J connectivity index is 0.000000200. The van der Waals surface area contributed by atoms with E-state index in [0.29, 0.717) is 26.4 Å². The molecule has 0 spiro atoms. The lowest BCUT2D eigenvalue weighted by molar-refractivity contribution is -0.134. The van der Waals surface area contributed by atoms with Gasteiger partial charge in [-0.2, -0.15) is 0 Å². The highest BCUT2D eigenvalue weighted by Crippen LogP contribution is 2.08. The molecule has 2 rings (SSSR count). The lowest BCUT2D eigenvalue weighted by Crippen LogP contribution is -2.31. The number of piperidine rings is 2. The van der Waals surface area contributed by atoms with Crippen LogP contribution >= 0.6 is 0 Å². The smallest absolute Gasteiger partial charge is 0.294 e. The SMILES string of the molecule is O=COCN1CCCCC1.O=COCN1CCCCC1. The molecule has 2 aliphatic heterocycles. The standard InChI is InChI=1S/2C7H13NO2/c2*9-7-10-6-8-4-2-1-3-5-8/h2*7H,1-6H2. The Morgan fingerprint density at radius 3 is 1.30 bits per heavy atom. The second-order valence-electron chi connectivity index (χ2n) is 5.14. The first-order valence-corrected chi connectivity index (χ1v) is 7.42. The normalized spacial score (nSPS) is 20.4. The number of carbonyl (C=O) groups excluding carboxylic acids is 2. The lowest BCUT2D eigenvalue weighted by atomic mass is 10.1. The minimum Gasteiger partial charge on any atom is -0.452 e. The molecule has 2 aliphatic rings. The first kappa shape index (κ1) is 16.9. The predicted octanol–water partition coefficient (Wildman–Crippen LogP) is 1.21. The Labute approximate surface area is 121 Å². The Morgan fingerprint density at radius 2 is 1.00 bits per heavy atom. The maximum absolute atomic E-state index is 9.80. The van der Waals surface area contributed by atoms with Crippen LogP contribution < -0.4 is 0 Å². The molecule has 2 fully saturated rings. The third-order valence-electron chi connectivity index (χ3n) is 3.55. The molecule has 0 unspecified atom stereocenters. The van der Waals surface area contributed by atoms with Gasteiger partial charge in [0.2, 0.25) is 0 Å². The fraction of sp³-hybridized carbons (Fsp3) is 0.857. The number of likely N-dealkylation sites (tertiary alicyclic amines) is 2. The van der Waals surface area contributed by atoms with Gasteiger partial charge in [0.05, 0.1) is 0 Å². The largest absolute Gasteiger partial charge is 0.452 e. The Bertz CT molecular complexity index is 226. The third kappa shape index (κ3) is 8.12. The highest BCUT2D eigenvalue weighted by molar-refractivity contribution is 5.36. The van der Waals surface area contributed by atoms with Crippen LogP contribution in [0.5, 0.6) is 0 Å². The van der Waals surface area contributed by atoms with E-state index in [1.165, 1.54) is 38.5 Å². The second-order valence-corrected chi connectivity index (χ2v) is 5.14. The minimum atomic E-state index is 0.476. The average molecular weight is 286 g/mol. The molecule has 0 aliphatic carbocycles. The van der Waals surface area contributed by atoms with Crippen molar-refractivity contribution in [3.05, 3.63) is 0 Å².